The van der Waals surface area contributed by atoms with Crippen molar-refractivity contribution >= 4 is 29.2 Å². The maximum atomic E-state index is 12.4. The average molecular weight is 587 g/mol. The molecule has 2 saturated heterocycles. The van der Waals surface area contributed by atoms with Gasteiger partial charge in [0.15, 0.2) is 0 Å². The number of carbonyl (C=O) groups excluding carboxylic acids is 1. The van der Waals surface area contributed by atoms with Gasteiger partial charge in [0.1, 0.15) is 0 Å². The van der Waals surface area contributed by atoms with Crippen molar-refractivity contribution < 1.29 is 55.7 Å². The molecule has 0 bridgehead atoms. The van der Waals surface area contributed by atoms with Crippen LogP contribution in [0.3, 0.4) is 0 Å². The predicted octanol–water partition coefficient (Wildman–Crippen LogP) is 2.99. The van der Waals surface area contributed by atoms with Crippen LogP contribution in [0.1, 0.15) is 20.9 Å². The lowest BCUT2D eigenvalue weighted by atomic mass is 9.81. The van der Waals surface area contributed by atoms with Gasteiger partial charge >= 0.3 is 24.3 Å². The number of rotatable bonds is 5. The van der Waals surface area contributed by atoms with Crippen molar-refractivity contribution in [3.63, 3.8) is 0 Å². The maximum Gasteiger partial charge on any atom is 0.490 e. The summed E-state index contributed by atoms with van der Waals surface area (Å²) in [4.78, 5) is 42.3. The van der Waals surface area contributed by atoms with Crippen LogP contribution in [0.25, 0.3) is 0 Å². The number of nitrogens with zero attached hydrogens (tertiary/aromatic N) is 3. The number of hydrogen-bond donors (Lipinski definition) is 3. The molecule has 0 unspecified atom stereocenters. The van der Waals surface area contributed by atoms with Crippen molar-refractivity contribution in [2.75, 3.05) is 32.8 Å². The third-order valence-electron chi connectivity index (χ3n) is 5.81. The van der Waals surface area contributed by atoms with Crippen LogP contribution < -0.4 is 5.32 Å². The largest absolute Gasteiger partial charge is 0.490 e. The first-order chi connectivity index (χ1) is 18.0. The van der Waals surface area contributed by atoms with E-state index in [1.165, 1.54) is 4.88 Å². The van der Waals surface area contributed by atoms with E-state index in [2.05, 4.69) is 27.1 Å². The van der Waals surface area contributed by atoms with Gasteiger partial charge in [-0.3, -0.25) is 14.7 Å². The highest BCUT2D eigenvalue weighted by molar-refractivity contribution is 7.09. The highest BCUT2D eigenvalue weighted by atomic mass is 32.1. The predicted molar refractivity (Wildman–Crippen MR) is 123 cm³/mol. The number of aliphatic carboxylic acids is 2. The molecular weight excluding hydrogens is 562 g/mol. The number of likely N-dealkylation sites (tertiary alicyclic amines) is 1. The van der Waals surface area contributed by atoms with Crippen LogP contribution in [0.15, 0.2) is 30.0 Å². The van der Waals surface area contributed by atoms with Crippen LogP contribution in [-0.2, 0) is 20.9 Å². The number of nitrogens with one attached hydrogen (secondary N) is 1. The number of thiazole rings is 1. The summed E-state index contributed by atoms with van der Waals surface area (Å²) in [6.07, 6.45) is -6.89. The van der Waals surface area contributed by atoms with Gasteiger partial charge in [-0.1, -0.05) is 0 Å². The smallest absolute Gasteiger partial charge is 0.475 e. The van der Waals surface area contributed by atoms with E-state index in [4.69, 9.17) is 24.5 Å². The lowest BCUT2D eigenvalue weighted by Crippen LogP contribution is -2.43. The summed E-state index contributed by atoms with van der Waals surface area (Å²) >= 11 is 1.72. The third kappa shape index (κ3) is 9.43. The number of aromatic nitrogens is 2. The standard InChI is InChI=1S/C18H22N4O2S.2C2HF3O2/c1-13-16(25-12-21-13)7-22-6-15-8-24-11-18(15,10-22)9-20-17(23)14-3-2-4-19-5-14;2*3-2(4,5)1(6)7/h2-5,12,15H,6-11H2,1H3,(H,20,23);2*(H,6,7)/t15-,18+;;/m1../s1. The zero-order valence-electron chi connectivity index (χ0n) is 20.3. The van der Waals surface area contributed by atoms with Crippen LogP contribution in [0.2, 0.25) is 0 Å². The summed E-state index contributed by atoms with van der Waals surface area (Å²) in [5, 5.41) is 17.3. The Morgan fingerprint density at radius 3 is 2.28 bits per heavy atom. The molecule has 1 amide bonds. The van der Waals surface area contributed by atoms with Gasteiger partial charge < -0.3 is 20.3 Å². The molecule has 4 heterocycles. The molecule has 4 rings (SSSR count). The second-order valence-electron chi connectivity index (χ2n) is 8.64. The number of ether oxygens (including phenoxy) is 1. The first-order valence-corrected chi connectivity index (χ1v) is 11.9. The third-order valence-corrected chi connectivity index (χ3v) is 6.73. The Hall–Kier alpha value is -3.31. The van der Waals surface area contributed by atoms with E-state index >= 15 is 0 Å². The fourth-order valence-corrected chi connectivity index (χ4v) is 4.67. The Morgan fingerprint density at radius 1 is 1.18 bits per heavy atom. The molecule has 2 fully saturated rings. The van der Waals surface area contributed by atoms with Crippen molar-refractivity contribution in [3.05, 3.63) is 46.2 Å². The Labute approximate surface area is 221 Å². The van der Waals surface area contributed by atoms with E-state index < -0.39 is 24.3 Å². The SMILES string of the molecule is Cc1ncsc1CN1C[C@@H]2COC[C@]2(CNC(=O)c2cccnc2)C1.O=C(O)C(F)(F)F.O=C(O)C(F)(F)F. The van der Waals surface area contributed by atoms with Gasteiger partial charge in [0.25, 0.3) is 5.91 Å². The Kier molecular flexibility index (Phi) is 10.8. The fourth-order valence-electron chi connectivity index (χ4n) is 3.85. The molecule has 0 aromatic carbocycles. The highest BCUT2D eigenvalue weighted by Crippen LogP contribution is 2.41. The molecule has 2 aliphatic rings. The van der Waals surface area contributed by atoms with Crippen LogP contribution in [0, 0.1) is 18.3 Å². The molecule has 2 aliphatic heterocycles. The lowest BCUT2D eigenvalue weighted by molar-refractivity contribution is -0.193. The normalized spacial score (nSPS) is 20.6. The van der Waals surface area contributed by atoms with Crippen LogP contribution >= 0.6 is 11.3 Å². The molecule has 216 valence electrons. The molecule has 39 heavy (non-hydrogen) atoms. The van der Waals surface area contributed by atoms with Gasteiger partial charge in [0.2, 0.25) is 0 Å². The number of hydrogen-bond acceptors (Lipinski definition) is 8. The molecule has 2 aromatic rings. The van der Waals surface area contributed by atoms with Gasteiger partial charge in [-0.15, -0.1) is 11.3 Å². The lowest BCUT2D eigenvalue weighted by Gasteiger charge is -2.27. The molecule has 0 radical (unpaired) electrons. The number of amides is 1. The zero-order chi connectivity index (χ0) is 29.4. The van der Waals surface area contributed by atoms with Gasteiger partial charge in [-0.25, -0.2) is 14.6 Å². The minimum Gasteiger partial charge on any atom is -0.475 e. The fraction of sp³-hybridized carbons (Fsp3) is 0.500. The number of halogens is 6. The molecule has 0 saturated carbocycles. The Bertz CT molecular complexity index is 1110. The molecule has 10 nitrogen and oxygen atoms in total. The van der Waals surface area contributed by atoms with Crippen molar-refractivity contribution in [1.82, 2.24) is 20.2 Å². The average Bonchev–Trinajstić information content (AvgIpc) is 3.52. The van der Waals surface area contributed by atoms with E-state index in [0.717, 1.165) is 31.9 Å². The number of carbonyl (C=O) groups is 3. The molecule has 17 heteroatoms. The summed E-state index contributed by atoms with van der Waals surface area (Å²) < 4.78 is 69.2. The number of pyridine rings is 1. The van der Waals surface area contributed by atoms with Crippen molar-refractivity contribution in [3.8, 4) is 0 Å². The van der Waals surface area contributed by atoms with E-state index in [1.54, 1.807) is 35.9 Å². The number of aryl methyl sites for hydroxylation is 1. The number of fused-ring (bicyclic) bond motifs is 1. The molecular formula is C22H24F6N4O6S. The zero-order valence-corrected chi connectivity index (χ0v) is 21.1. The molecule has 2 aromatic heterocycles. The van der Waals surface area contributed by atoms with E-state index in [-0.39, 0.29) is 11.3 Å². The van der Waals surface area contributed by atoms with Crippen LogP contribution in [0.5, 0.6) is 0 Å². The Balaban J connectivity index is 0.000000317. The van der Waals surface area contributed by atoms with Crippen LogP contribution in [-0.4, -0.2) is 88.1 Å². The quantitative estimate of drug-likeness (QED) is 0.451. The first kappa shape index (κ1) is 31.9. The maximum absolute atomic E-state index is 12.4. The van der Waals surface area contributed by atoms with Crippen molar-refractivity contribution in [2.24, 2.45) is 11.3 Å². The van der Waals surface area contributed by atoms with Gasteiger partial charge in [-0.05, 0) is 19.1 Å². The second kappa shape index (κ2) is 13.2. The second-order valence-corrected chi connectivity index (χ2v) is 9.57. The van der Waals surface area contributed by atoms with Crippen LogP contribution in [0.4, 0.5) is 26.3 Å². The first-order valence-electron chi connectivity index (χ1n) is 11.0. The number of alkyl halides is 6. The van der Waals surface area contributed by atoms with Crippen molar-refractivity contribution in [1.29, 1.82) is 0 Å². The summed E-state index contributed by atoms with van der Waals surface area (Å²) in [5.74, 6) is -5.11. The minimum absolute atomic E-state index is 0.0104. The van der Waals surface area contributed by atoms with Gasteiger partial charge in [0.05, 0.1) is 30.0 Å². The van der Waals surface area contributed by atoms with E-state index in [0.29, 0.717) is 24.6 Å². The molecule has 0 aliphatic carbocycles. The van der Waals surface area contributed by atoms with Gasteiger partial charge in [-0.2, -0.15) is 26.3 Å². The van der Waals surface area contributed by atoms with Gasteiger partial charge in [0, 0.05) is 54.8 Å². The number of carboxylic acids is 2. The topological polar surface area (TPSA) is 142 Å². The summed E-state index contributed by atoms with van der Waals surface area (Å²) in [7, 11) is 0. The molecule has 0 spiro atoms. The van der Waals surface area contributed by atoms with Crippen molar-refractivity contribution in [2.45, 2.75) is 25.8 Å². The minimum atomic E-state index is -5.08. The summed E-state index contributed by atoms with van der Waals surface area (Å²) in [6.45, 7) is 7.09. The summed E-state index contributed by atoms with van der Waals surface area (Å²) in [6, 6.07) is 3.57. The van der Waals surface area contributed by atoms with E-state index in [1.807, 2.05) is 5.51 Å². The van der Waals surface area contributed by atoms with E-state index in [9.17, 15) is 31.1 Å². The number of carboxylic acid groups (broad SMARTS) is 2. The highest BCUT2D eigenvalue weighted by Gasteiger charge is 2.50. The monoisotopic (exact) mass is 586 g/mol. The summed E-state index contributed by atoms with van der Waals surface area (Å²) in [5.41, 5.74) is 3.65. The molecule has 3 N–H and O–H groups in total. The molecule has 2 atom stereocenters. The Morgan fingerprint density at radius 2 is 1.79 bits per heavy atom.